The first-order valence-corrected chi connectivity index (χ1v) is 6.78. The summed E-state index contributed by atoms with van der Waals surface area (Å²) in [6.07, 6.45) is 2.24. The maximum Gasteiger partial charge on any atom is 0.306 e. The number of rotatable bonds is 4. The molecule has 1 aromatic carbocycles. The number of nitrogens with zero attached hydrogens (tertiary/aromatic N) is 2. The predicted octanol–water partition coefficient (Wildman–Crippen LogP) is 3.11. The monoisotopic (exact) mass is 322 g/mol. The van der Waals surface area contributed by atoms with Gasteiger partial charge in [-0.3, -0.25) is 9.48 Å². The summed E-state index contributed by atoms with van der Waals surface area (Å²) in [5, 5.41) is 13.3. The second-order valence-corrected chi connectivity index (χ2v) is 5.41. The van der Waals surface area contributed by atoms with Crippen LogP contribution in [0.3, 0.4) is 0 Å². The fraction of sp³-hybridized carbons (Fsp3) is 0.286. The van der Waals surface area contributed by atoms with Crippen molar-refractivity contribution in [2.45, 2.75) is 13.3 Å². The third kappa shape index (κ3) is 2.87. The number of carboxylic acid groups (broad SMARTS) is 1. The Labute approximate surface area is 120 Å². The molecule has 1 aromatic heterocycles. The SMILES string of the molecule is CC(Cc1c(-c2ccccc2Br)cnn1C)C(=O)O. The average molecular weight is 323 g/mol. The van der Waals surface area contributed by atoms with Crippen LogP contribution in [0.5, 0.6) is 0 Å². The van der Waals surface area contributed by atoms with Crippen molar-refractivity contribution in [3.63, 3.8) is 0 Å². The third-order valence-electron chi connectivity index (χ3n) is 3.15. The zero-order chi connectivity index (χ0) is 14.0. The Morgan fingerprint density at radius 3 is 2.74 bits per heavy atom. The highest BCUT2D eigenvalue weighted by Crippen LogP contribution is 2.31. The number of aliphatic carboxylic acids is 1. The van der Waals surface area contributed by atoms with Gasteiger partial charge >= 0.3 is 5.97 Å². The number of aromatic nitrogens is 2. The van der Waals surface area contributed by atoms with Gasteiger partial charge in [0, 0.05) is 29.2 Å². The average Bonchev–Trinajstić information content (AvgIpc) is 2.72. The fourth-order valence-corrected chi connectivity index (χ4v) is 2.49. The Morgan fingerprint density at radius 1 is 1.42 bits per heavy atom. The first-order chi connectivity index (χ1) is 9.00. The minimum Gasteiger partial charge on any atom is -0.481 e. The quantitative estimate of drug-likeness (QED) is 0.940. The van der Waals surface area contributed by atoms with Crippen molar-refractivity contribution < 1.29 is 9.90 Å². The third-order valence-corrected chi connectivity index (χ3v) is 3.84. The number of halogens is 1. The van der Waals surface area contributed by atoms with Crippen LogP contribution >= 0.6 is 15.9 Å². The van der Waals surface area contributed by atoms with Crippen molar-refractivity contribution in [3.8, 4) is 11.1 Å². The lowest BCUT2D eigenvalue weighted by Gasteiger charge is -2.10. The van der Waals surface area contributed by atoms with E-state index in [1.807, 2.05) is 31.3 Å². The van der Waals surface area contributed by atoms with Crippen molar-refractivity contribution in [1.29, 1.82) is 0 Å². The molecule has 0 spiro atoms. The lowest BCUT2D eigenvalue weighted by atomic mass is 9.99. The number of hydrogen-bond acceptors (Lipinski definition) is 2. The molecule has 0 fully saturated rings. The topological polar surface area (TPSA) is 55.1 Å². The molecule has 0 aliphatic heterocycles. The lowest BCUT2D eigenvalue weighted by molar-refractivity contribution is -0.141. The van der Waals surface area contributed by atoms with Crippen molar-refractivity contribution in [1.82, 2.24) is 9.78 Å². The summed E-state index contributed by atoms with van der Waals surface area (Å²) in [4.78, 5) is 11.0. The molecule has 0 saturated carbocycles. The van der Waals surface area contributed by atoms with Crippen LogP contribution in [0.25, 0.3) is 11.1 Å². The summed E-state index contributed by atoms with van der Waals surface area (Å²) >= 11 is 3.52. The molecule has 0 aliphatic rings. The van der Waals surface area contributed by atoms with Gasteiger partial charge in [-0.15, -0.1) is 0 Å². The Hall–Kier alpha value is -1.62. The van der Waals surface area contributed by atoms with Gasteiger partial charge in [-0.1, -0.05) is 41.1 Å². The van der Waals surface area contributed by atoms with Gasteiger partial charge in [0.15, 0.2) is 0 Å². The standard InChI is InChI=1S/C14H15BrN2O2/c1-9(14(18)19)7-13-11(8-16-17(13)2)10-5-3-4-6-12(10)15/h3-6,8-9H,7H2,1-2H3,(H,18,19). The molecule has 1 atom stereocenters. The van der Waals surface area contributed by atoms with Crippen LogP contribution < -0.4 is 0 Å². The molecule has 2 aromatic rings. The number of benzene rings is 1. The molecular formula is C14H15BrN2O2. The van der Waals surface area contributed by atoms with Gasteiger partial charge in [-0.2, -0.15) is 5.10 Å². The lowest BCUT2D eigenvalue weighted by Crippen LogP contribution is -2.15. The summed E-state index contributed by atoms with van der Waals surface area (Å²) in [5.41, 5.74) is 2.94. The summed E-state index contributed by atoms with van der Waals surface area (Å²) < 4.78 is 2.72. The van der Waals surface area contributed by atoms with Crippen LogP contribution in [-0.4, -0.2) is 20.9 Å². The van der Waals surface area contributed by atoms with Gasteiger partial charge in [0.05, 0.1) is 12.1 Å². The van der Waals surface area contributed by atoms with E-state index in [1.165, 1.54) is 0 Å². The Morgan fingerprint density at radius 2 is 2.11 bits per heavy atom. The Kier molecular flexibility index (Phi) is 4.04. The molecule has 5 heteroatoms. The maximum atomic E-state index is 11.0. The number of carbonyl (C=O) groups is 1. The van der Waals surface area contributed by atoms with E-state index in [1.54, 1.807) is 17.8 Å². The zero-order valence-corrected chi connectivity index (χ0v) is 12.4. The van der Waals surface area contributed by atoms with E-state index in [4.69, 9.17) is 5.11 Å². The molecule has 100 valence electrons. The highest BCUT2D eigenvalue weighted by Gasteiger charge is 2.19. The molecule has 4 nitrogen and oxygen atoms in total. The van der Waals surface area contributed by atoms with Crippen molar-refractivity contribution in [3.05, 3.63) is 40.6 Å². The second kappa shape index (κ2) is 5.57. The number of carboxylic acids is 1. The van der Waals surface area contributed by atoms with Gasteiger partial charge in [-0.25, -0.2) is 0 Å². The highest BCUT2D eigenvalue weighted by molar-refractivity contribution is 9.10. The zero-order valence-electron chi connectivity index (χ0n) is 10.8. The van der Waals surface area contributed by atoms with Crippen LogP contribution in [0.1, 0.15) is 12.6 Å². The van der Waals surface area contributed by atoms with Crippen molar-refractivity contribution in [2.24, 2.45) is 13.0 Å². The number of aryl methyl sites for hydroxylation is 1. The second-order valence-electron chi connectivity index (χ2n) is 4.55. The molecule has 0 amide bonds. The van der Waals surface area contributed by atoms with Crippen molar-refractivity contribution >= 4 is 21.9 Å². The molecule has 1 unspecified atom stereocenters. The molecule has 19 heavy (non-hydrogen) atoms. The van der Waals surface area contributed by atoms with Gasteiger partial charge in [0.2, 0.25) is 0 Å². The van der Waals surface area contributed by atoms with Crippen LogP contribution in [0.4, 0.5) is 0 Å². The van der Waals surface area contributed by atoms with E-state index in [0.29, 0.717) is 6.42 Å². The smallest absolute Gasteiger partial charge is 0.306 e. The predicted molar refractivity (Wildman–Crippen MR) is 76.8 cm³/mol. The van der Waals surface area contributed by atoms with Crippen LogP contribution in [-0.2, 0) is 18.3 Å². The molecule has 1 N–H and O–H groups in total. The van der Waals surface area contributed by atoms with Crippen LogP contribution in [0.15, 0.2) is 34.9 Å². The molecular weight excluding hydrogens is 308 g/mol. The van der Waals surface area contributed by atoms with Gasteiger partial charge in [-0.05, 0) is 11.6 Å². The van der Waals surface area contributed by atoms with Gasteiger partial charge in [0.1, 0.15) is 0 Å². The summed E-state index contributed by atoms with van der Waals surface area (Å²) in [5.74, 6) is -1.23. The van der Waals surface area contributed by atoms with E-state index in [0.717, 1.165) is 21.3 Å². The van der Waals surface area contributed by atoms with E-state index >= 15 is 0 Å². The Balaban J connectivity index is 2.43. The minimum absolute atomic E-state index is 0.434. The van der Waals surface area contributed by atoms with E-state index in [2.05, 4.69) is 21.0 Å². The fourth-order valence-electron chi connectivity index (χ4n) is 1.99. The first kappa shape index (κ1) is 13.8. The molecule has 0 radical (unpaired) electrons. The largest absolute Gasteiger partial charge is 0.481 e. The molecule has 2 rings (SSSR count). The van der Waals surface area contributed by atoms with E-state index in [9.17, 15) is 4.79 Å². The van der Waals surface area contributed by atoms with Crippen molar-refractivity contribution in [2.75, 3.05) is 0 Å². The first-order valence-electron chi connectivity index (χ1n) is 5.99. The normalized spacial score (nSPS) is 12.4. The van der Waals surface area contributed by atoms with Gasteiger partial charge < -0.3 is 5.11 Å². The summed E-state index contributed by atoms with van der Waals surface area (Å²) in [6.45, 7) is 1.71. The van der Waals surface area contributed by atoms with Gasteiger partial charge in [0.25, 0.3) is 0 Å². The van der Waals surface area contributed by atoms with Crippen LogP contribution in [0, 0.1) is 5.92 Å². The summed E-state index contributed by atoms with van der Waals surface area (Å²) in [6, 6.07) is 7.86. The van der Waals surface area contributed by atoms with E-state index < -0.39 is 11.9 Å². The van der Waals surface area contributed by atoms with Crippen LogP contribution in [0.2, 0.25) is 0 Å². The molecule has 0 aliphatic carbocycles. The Bertz CT molecular complexity index is 607. The number of hydrogen-bond donors (Lipinski definition) is 1. The molecule has 1 heterocycles. The molecule has 0 saturated heterocycles. The maximum absolute atomic E-state index is 11.0. The summed E-state index contributed by atoms with van der Waals surface area (Å²) in [7, 11) is 1.84. The highest BCUT2D eigenvalue weighted by atomic mass is 79.9. The van der Waals surface area contributed by atoms with E-state index in [-0.39, 0.29) is 0 Å². The minimum atomic E-state index is -0.792. The molecule has 0 bridgehead atoms.